The van der Waals surface area contributed by atoms with Crippen LogP contribution in [0.2, 0.25) is 0 Å². The highest BCUT2D eigenvalue weighted by atomic mass is 32.2. The van der Waals surface area contributed by atoms with Crippen molar-refractivity contribution in [3.8, 4) is 11.1 Å². The van der Waals surface area contributed by atoms with Gasteiger partial charge in [-0.25, -0.2) is 8.42 Å². The summed E-state index contributed by atoms with van der Waals surface area (Å²) in [6.45, 7) is 5.40. The van der Waals surface area contributed by atoms with E-state index in [1.807, 2.05) is 24.3 Å². The zero-order chi connectivity index (χ0) is 17.9. The molecule has 0 aliphatic heterocycles. The lowest BCUT2D eigenvalue weighted by molar-refractivity contribution is 0.395. The molecule has 0 atom stereocenters. The minimum atomic E-state index is -3.42. The summed E-state index contributed by atoms with van der Waals surface area (Å²) < 4.78 is 28.0. The van der Waals surface area contributed by atoms with Crippen molar-refractivity contribution in [3.63, 3.8) is 0 Å². The maximum absolute atomic E-state index is 13.1. The van der Waals surface area contributed by atoms with Crippen molar-refractivity contribution in [3.05, 3.63) is 53.6 Å². The molecule has 0 heterocycles. The van der Waals surface area contributed by atoms with E-state index in [4.69, 9.17) is 0 Å². The zero-order valence-corrected chi connectivity index (χ0v) is 16.0. The van der Waals surface area contributed by atoms with Crippen LogP contribution in [0.3, 0.4) is 0 Å². The van der Waals surface area contributed by atoms with Crippen LogP contribution in [0.4, 0.5) is 0 Å². The zero-order valence-electron chi connectivity index (χ0n) is 15.2. The number of rotatable bonds is 8. The van der Waals surface area contributed by atoms with E-state index >= 15 is 0 Å². The Morgan fingerprint density at radius 2 is 1.52 bits per heavy atom. The number of benzene rings is 2. The summed E-state index contributed by atoms with van der Waals surface area (Å²) in [5.41, 5.74) is 4.80. The molecule has 0 radical (unpaired) electrons. The van der Waals surface area contributed by atoms with E-state index in [1.54, 1.807) is 10.4 Å². The van der Waals surface area contributed by atoms with Crippen LogP contribution >= 0.6 is 0 Å². The summed E-state index contributed by atoms with van der Waals surface area (Å²) in [5, 5.41) is 0. The molecular formula is C21H27NO2S. The van der Waals surface area contributed by atoms with E-state index < -0.39 is 10.0 Å². The molecule has 0 bridgehead atoms. The molecule has 0 saturated heterocycles. The fourth-order valence-corrected chi connectivity index (χ4v) is 5.02. The number of fused-ring (bicyclic) bond motifs is 3. The van der Waals surface area contributed by atoms with E-state index in [1.165, 1.54) is 16.7 Å². The molecule has 0 saturated carbocycles. The average Bonchev–Trinajstić information content (AvgIpc) is 2.99. The highest BCUT2D eigenvalue weighted by molar-refractivity contribution is 7.89. The Morgan fingerprint density at radius 1 is 0.880 bits per heavy atom. The van der Waals surface area contributed by atoms with Crippen LogP contribution in [0.1, 0.15) is 50.7 Å². The first-order chi connectivity index (χ1) is 12.1. The Morgan fingerprint density at radius 3 is 2.20 bits per heavy atom. The number of hydrogen-bond donors (Lipinski definition) is 0. The third-order valence-corrected chi connectivity index (χ3v) is 6.82. The number of unbranched alkanes of at least 4 members (excludes halogenated alkanes) is 2. The van der Waals surface area contributed by atoms with Gasteiger partial charge in [0.1, 0.15) is 0 Å². The van der Waals surface area contributed by atoms with Crippen LogP contribution in [-0.2, 0) is 16.4 Å². The lowest BCUT2D eigenvalue weighted by Gasteiger charge is -2.22. The van der Waals surface area contributed by atoms with Crippen LogP contribution in [-0.4, -0.2) is 25.8 Å². The molecule has 1 aliphatic rings. The third kappa shape index (κ3) is 3.65. The van der Waals surface area contributed by atoms with Crippen molar-refractivity contribution in [2.45, 2.75) is 50.8 Å². The Balaban J connectivity index is 1.91. The van der Waals surface area contributed by atoms with Crippen LogP contribution in [0.25, 0.3) is 11.1 Å². The van der Waals surface area contributed by atoms with Gasteiger partial charge in [0.15, 0.2) is 0 Å². The van der Waals surface area contributed by atoms with Crippen molar-refractivity contribution < 1.29 is 8.42 Å². The summed E-state index contributed by atoms with van der Waals surface area (Å²) in [4.78, 5) is 0.436. The van der Waals surface area contributed by atoms with Gasteiger partial charge >= 0.3 is 0 Å². The number of sulfonamides is 1. The van der Waals surface area contributed by atoms with E-state index in [0.717, 1.165) is 37.7 Å². The molecule has 2 aromatic rings. The molecule has 0 spiro atoms. The Labute approximate surface area is 151 Å². The van der Waals surface area contributed by atoms with Crippen molar-refractivity contribution in [1.29, 1.82) is 0 Å². The fourth-order valence-electron chi connectivity index (χ4n) is 3.45. The topological polar surface area (TPSA) is 37.4 Å². The highest BCUT2D eigenvalue weighted by Gasteiger charge is 2.26. The van der Waals surface area contributed by atoms with E-state index in [2.05, 4.69) is 26.0 Å². The van der Waals surface area contributed by atoms with Gasteiger partial charge in [0.05, 0.1) is 4.90 Å². The lowest BCUT2D eigenvalue weighted by atomic mass is 10.1. The predicted octanol–water partition coefficient (Wildman–Crippen LogP) is 4.85. The number of nitrogens with zero attached hydrogens (tertiary/aromatic N) is 1. The molecular weight excluding hydrogens is 330 g/mol. The first-order valence-electron chi connectivity index (χ1n) is 9.29. The van der Waals surface area contributed by atoms with Crippen molar-refractivity contribution in [2.75, 3.05) is 13.1 Å². The molecule has 4 heteroatoms. The second kappa shape index (κ2) is 7.71. The maximum Gasteiger partial charge on any atom is 0.243 e. The molecule has 1 aliphatic carbocycles. The van der Waals surface area contributed by atoms with E-state index in [-0.39, 0.29) is 0 Å². The van der Waals surface area contributed by atoms with E-state index in [0.29, 0.717) is 18.0 Å². The molecule has 3 rings (SSSR count). The van der Waals surface area contributed by atoms with Gasteiger partial charge in [0.2, 0.25) is 10.0 Å². The highest BCUT2D eigenvalue weighted by Crippen LogP contribution is 2.37. The lowest BCUT2D eigenvalue weighted by Crippen LogP contribution is -2.33. The van der Waals surface area contributed by atoms with Gasteiger partial charge in [-0.1, -0.05) is 57.0 Å². The third-order valence-electron chi connectivity index (χ3n) is 4.93. The molecule has 0 N–H and O–H groups in total. The van der Waals surface area contributed by atoms with Crippen molar-refractivity contribution >= 4 is 10.0 Å². The molecule has 0 fully saturated rings. The maximum atomic E-state index is 13.1. The number of hydrogen-bond acceptors (Lipinski definition) is 2. The monoisotopic (exact) mass is 357 g/mol. The van der Waals surface area contributed by atoms with Gasteiger partial charge in [-0.3, -0.25) is 0 Å². The fraction of sp³-hybridized carbons (Fsp3) is 0.429. The van der Waals surface area contributed by atoms with E-state index in [9.17, 15) is 8.42 Å². The van der Waals surface area contributed by atoms with Crippen molar-refractivity contribution in [1.82, 2.24) is 4.31 Å². The van der Waals surface area contributed by atoms with Gasteiger partial charge in [0.25, 0.3) is 0 Å². The smallest absolute Gasteiger partial charge is 0.207 e. The van der Waals surface area contributed by atoms with Crippen molar-refractivity contribution in [2.24, 2.45) is 0 Å². The summed E-state index contributed by atoms with van der Waals surface area (Å²) in [6.07, 6.45) is 4.62. The summed E-state index contributed by atoms with van der Waals surface area (Å²) in [7, 11) is -3.42. The molecule has 2 aromatic carbocycles. The standard InChI is InChI=1S/C21H27NO2S/c1-3-5-13-22(14-6-4-2)25(23,24)19-11-12-21-18(16-19)15-17-9-7-8-10-20(17)21/h7-12,16H,3-6,13-15H2,1-2H3. The summed E-state index contributed by atoms with van der Waals surface area (Å²) in [5.74, 6) is 0. The Hall–Kier alpha value is -1.65. The second-order valence-corrected chi connectivity index (χ2v) is 8.70. The molecule has 3 nitrogen and oxygen atoms in total. The van der Waals surface area contributed by atoms with Gasteiger partial charge in [-0.15, -0.1) is 0 Å². The minimum absolute atomic E-state index is 0.436. The summed E-state index contributed by atoms with van der Waals surface area (Å²) >= 11 is 0. The molecule has 0 amide bonds. The van der Waals surface area contributed by atoms with Gasteiger partial charge in [-0.05, 0) is 53.6 Å². The van der Waals surface area contributed by atoms with Gasteiger partial charge in [0, 0.05) is 13.1 Å². The van der Waals surface area contributed by atoms with Crippen LogP contribution < -0.4 is 0 Å². The normalized spacial score (nSPS) is 13.1. The largest absolute Gasteiger partial charge is 0.243 e. The molecule has 25 heavy (non-hydrogen) atoms. The summed E-state index contributed by atoms with van der Waals surface area (Å²) in [6, 6.07) is 14.0. The quantitative estimate of drug-likeness (QED) is 0.578. The Kier molecular flexibility index (Phi) is 5.60. The van der Waals surface area contributed by atoms with Gasteiger partial charge < -0.3 is 0 Å². The first-order valence-corrected chi connectivity index (χ1v) is 10.7. The molecule has 0 unspecified atom stereocenters. The van der Waals surface area contributed by atoms with Crippen LogP contribution in [0, 0.1) is 0 Å². The average molecular weight is 358 g/mol. The van der Waals surface area contributed by atoms with Crippen LogP contribution in [0.15, 0.2) is 47.4 Å². The van der Waals surface area contributed by atoms with Gasteiger partial charge in [-0.2, -0.15) is 4.31 Å². The molecule has 0 aromatic heterocycles. The second-order valence-electron chi connectivity index (χ2n) is 6.76. The SMILES string of the molecule is CCCCN(CCCC)S(=O)(=O)c1ccc2c(c1)Cc1ccccc1-2. The van der Waals surface area contributed by atoms with Crippen LogP contribution in [0.5, 0.6) is 0 Å². The first kappa shape index (κ1) is 18.2. The Bertz CT molecular complexity index is 835. The predicted molar refractivity (Wildman–Crippen MR) is 103 cm³/mol. The molecule has 134 valence electrons. The minimum Gasteiger partial charge on any atom is -0.207 e.